The number of aromatic nitrogens is 1. The molecule has 1 aliphatic heterocycles. The predicted molar refractivity (Wildman–Crippen MR) is 136 cm³/mol. The molecule has 1 fully saturated rings. The minimum Gasteiger partial charge on any atom is -0.497 e. The highest BCUT2D eigenvalue weighted by Gasteiger charge is 2.35. The number of nitrogens with zero attached hydrogens (tertiary/aromatic N) is 2. The summed E-state index contributed by atoms with van der Waals surface area (Å²) in [6.45, 7) is 4.07. The third-order valence-electron chi connectivity index (χ3n) is 7.55. The summed E-state index contributed by atoms with van der Waals surface area (Å²) in [6.07, 6.45) is 2.70. The number of halogens is 4. The Kier molecular flexibility index (Phi) is 8.54. The first-order valence-electron chi connectivity index (χ1n) is 12.5. The summed E-state index contributed by atoms with van der Waals surface area (Å²) in [5.74, 6) is -2.52. The molecule has 0 unspecified atom stereocenters. The zero-order chi connectivity index (χ0) is 26.6. The molecule has 9 heteroatoms. The van der Waals surface area contributed by atoms with Gasteiger partial charge in [0.05, 0.1) is 18.3 Å². The number of alkyl halides is 1. The molecule has 4 rings (SSSR count). The number of hydrogen-bond donors (Lipinski definition) is 2. The van der Waals surface area contributed by atoms with Crippen LogP contribution in [0.5, 0.6) is 5.75 Å². The molecule has 0 amide bonds. The third kappa shape index (κ3) is 6.15. The molecular weight excluding hydrogens is 486 g/mol. The number of ether oxygens (including phenoxy) is 1. The summed E-state index contributed by atoms with van der Waals surface area (Å²) in [6, 6.07) is 6.89. The average molecular weight is 520 g/mol. The van der Waals surface area contributed by atoms with Crippen molar-refractivity contribution in [3.8, 4) is 5.75 Å². The van der Waals surface area contributed by atoms with Gasteiger partial charge in [0, 0.05) is 43.4 Å². The van der Waals surface area contributed by atoms with Gasteiger partial charge in [0.25, 0.3) is 0 Å². The number of likely N-dealkylation sites (tertiary alicyclic amines) is 1. The van der Waals surface area contributed by atoms with Crippen molar-refractivity contribution in [2.24, 2.45) is 5.41 Å². The van der Waals surface area contributed by atoms with E-state index >= 15 is 4.39 Å². The standard InChI is InChI=1S/C28H33F4N3O2/c1-18-16-34-24-4-3-20(37-2)15-21(24)26(18)22(30)5-6-28(17-36)7-10-35(11-8-28)12-9-33-25-14-19(29)13-23(31)27(25)32/h3-4,13-16,22,33,36H,5-12,17H2,1-2H3/t22-/m0/s1. The van der Waals surface area contributed by atoms with Crippen molar-refractivity contribution in [2.45, 2.75) is 38.8 Å². The number of benzene rings is 2. The van der Waals surface area contributed by atoms with E-state index in [9.17, 15) is 18.3 Å². The molecule has 200 valence electrons. The number of hydrogen-bond acceptors (Lipinski definition) is 5. The van der Waals surface area contributed by atoms with Crippen LogP contribution in [-0.4, -0.2) is 54.9 Å². The topological polar surface area (TPSA) is 57.6 Å². The van der Waals surface area contributed by atoms with Crippen LogP contribution in [0.25, 0.3) is 10.9 Å². The Morgan fingerprint density at radius 2 is 1.92 bits per heavy atom. The Balaban J connectivity index is 1.33. The number of nitrogens with one attached hydrogen (secondary N) is 1. The number of fused-ring (bicyclic) bond motifs is 1. The Hall–Kier alpha value is -2.91. The average Bonchev–Trinajstić information content (AvgIpc) is 2.90. The fourth-order valence-electron chi connectivity index (χ4n) is 5.18. The normalized spacial score (nSPS) is 16.6. The van der Waals surface area contributed by atoms with Gasteiger partial charge in [0.1, 0.15) is 17.7 Å². The van der Waals surface area contributed by atoms with Crippen LogP contribution in [0, 0.1) is 29.8 Å². The Bertz CT molecular complexity index is 1230. The first-order valence-corrected chi connectivity index (χ1v) is 12.5. The largest absolute Gasteiger partial charge is 0.497 e. The number of pyridine rings is 1. The van der Waals surface area contributed by atoms with Crippen molar-refractivity contribution in [2.75, 3.05) is 45.2 Å². The van der Waals surface area contributed by atoms with E-state index in [1.165, 1.54) is 0 Å². The van der Waals surface area contributed by atoms with Gasteiger partial charge in [-0.2, -0.15) is 0 Å². The maximum absolute atomic E-state index is 15.7. The number of piperidine rings is 1. The molecule has 0 aliphatic carbocycles. The molecule has 0 spiro atoms. The SMILES string of the molecule is COc1ccc2ncc(C)c([C@@H](F)CCC3(CO)CCN(CCNc4cc(F)cc(F)c4F)CC3)c2c1. The van der Waals surface area contributed by atoms with Gasteiger partial charge in [-0.1, -0.05) is 0 Å². The summed E-state index contributed by atoms with van der Waals surface area (Å²) in [4.78, 5) is 6.56. The van der Waals surface area contributed by atoms with Crippen LogP contribution in [0.1, 0.15) is 43.0 Å². The van der Waals surface area contributed by atoms with Crippen LogP contribution in [0.4, 0.5) is 23.2 Å². The van der Waals surface area contributed by atoms with Crippen LogP contribution in [0.2, 0.25) is 0 Å². The van der Waals surface area contributed by atoms with Crippen LogP contribution in [0.3, 0.4) is 0 Å². The van der Waals surface area contributed by atoms with Gasteiger partial charge in [-0.25, -0.2) is 17.6 Å². The lowest BCUT2D eigenvalue weighted by Crippen LogP contribution is -2.43. The Morgan fingerprint density at radius 3 is 2.62 bits per heavy atom. The number of aliphatic hydroxyl groups excluding tert-OH is 1. The fraction of sp³-hybridized carbons (Fsp3) is 0.464. The van der Waals surface area contributed by atoms with E-state index in [4.69, 9.17) is 4.74 Å². The molecule has 5 nitrogen and oxygen atoms in total. The lowest BCUT2D eigenvalue weighted by atomic mass is 9.74. The van der Waals surface area contributed by atoms with Crippen molar-refractivity contribution in [3.63, 3.8) is 0 Å². The van der Waals surface area contributed by atoms with Crippen LogP contribution >= 0.6 is 0 Å². The highest BCUT2D eigenvalue weighted by Crippen LogP contribution is 2.40. The Labute approximate surface area is 214 Å². The lowest BCUT2D eigenvalue weighted by molar-refractivity contribution is 0.0315. The van der Waals surface area contributed by atoms with Crippen LogP contribution < -0.4 is 10.1 Å². The van der Waals surface area contributed by atoms with E-state index in [0.717, 1.165) is 17.0 Å². The highest BCUT2D eigenvalue weighted by atomic mass is 19.2. The number of anilines is 1. The molecule has 0 radical (unpaired) electrons. The maximum Gasteiger partial charge on any atom is 0.182 e. The molecule has 0 bridgehead atoms. The van der Waals surface area contributed by atoms with Gasteiger partial charge < -0.3 is 20.1 Å². The zero-order valence-electron chi connectivity index (χ0n) is 21.2. The predicted octanol–water partition coefficient (Wildman–Crippen LogP) is 5.95. The number of rotatable bonds is 10. The molecule has 3 aromatic rings. The van der Waals surface area contributed by atoms with Gasteiger partial charge in [-0.15, -0.1) is 0 Å². The minimum absolute atomic E-state index is 0.0243. The second kappa shape index (κ2) is 11.6. The van der Waals surface area contributed by atoms with E-state index in [-0.39, 0.29) is 24.1 Å². The number of aryl methyl sites for hydroxylation is 1. The first-order chi connectivity index (χ1) is 17.7. The first kappa shape index (κ1) is 27.1. The zero-order valence-corrected chi connectivity index (χ0v) is 21.2. The van der Waals surface area contributed by atoms with E-state index in [2.05, 4.69) is 15.2 Å². The smallest absolute Gasteiger partial charge is 0.182 e. The van der Waals surface area contributed by atoms with Gasteiger partial charge in [-0.05, 0) is 80.4 Å². The Morgan fingerprint density at radius 1 is 1.16 bits per heavy atom. The van der Waals surface area contributed by atoms with Gasteiger partial charge in [0.15, 0.2) is 11.6 Å². The van der Waals surface area contributed by atoms with E-state index in [1.54, 1.807) is 19.4 Å². The molecule has 1 saturated heterocycles. The van der Waals surface area contributed by atoms with Crippen molar-refractivity contribution >= 4 is 16.6 Å². The molecule has 2 N–H and O–H groups in total. The number of methoxy groups -OCH3 is 1. The highest BCUT2D eigenvalue weighted by molar-refractivity contribution is 5.84. The maximum atomic E-state index is 15.7. The second-order valence-electron chi connectivity index (χ2n) is 9.92. The summed E-state index contributed by atoms with van der Waals surface area (Å²) >= 11 is 0. The summed E-state index contributed by atoms with van der Waals surface area (Å²) < 4.78 is 61.6. The summed E-state index contributed by atoms with van der Waals surface area (Å²) in [7, 11) is 1.57. The fourth-order valence-corrected chi connectivity index (χ4v) is 5.18. The molecular formula is C28H33F4N3O2. The molecule has 1 aromatic heterocycles. The molecule has 2 heterocycles. The van der Waals surface area contributed by atoms with Gasteiger partial charge in [0.2, 0.25) is 0 Å². The monoisotopic (exact) mass is 519 g/mol. The summed E-state index contributed by atoms with van der Waals surface area (Å²) in [5, 5.41) is 13.7. The van der Waals surface area contributed by atoms with Crippen molar-refractivity contribution < 1.29 is 27.4 Å². The second-order valence-corrected chi connectivity index (χ2v) is 9.92. The molecule has 2 aromatic carbocycles. The van der Waals surface area contributed by atoms with Crippen molar-refractivity contribution in [1.82, 2.24) is 9.88 Å². The minimum atomic E-state index is -1.23. The van der Waals surface area contributed by atoms with E-state index in [1.807, 2.05) is 19.1 Å². The lowest BCUT2D eigenvalue weighted by Gasteiger charge is -2.41. The van der Waals surface area contributed by atoms with Gasteiger partial charge >= 0.3 is 0 Å². The molecule has 0 saturated carbocycles. The number of aliphatic hydroxyl groups is 1. The third-order valence-corrected chi connectivity index (χ3v) is 7.55. The van der Waals surface area contributed by atoms with Crippen LogP contribution in [-0.2, 0) is 0 Å². The van der Waals surface area contributed by atoms with E-state index in [0.29, 0.717) is 68.3 Å². The van der Waals surface area contributed by atoms with Crippen LogP contribution in [0.15, 0.2) is 36.5 Å². The molecule has 1 atom stereocenters. The van der Waals surface area contributed by atoms with Crippen molar-refractivity contribution in [1.29, 1.82) is 0 Å². The summed E-state index contributed by atoms with van der Waals surface area (Å²) in [5.41, 5.74) is 1.53. The van der Waals surface area contributed by atoms with E-state index < -0.39 is 23.6 Å². The molecule has 1 aliphatic rings. The molecule has 37 heavy (non-hydrogen) atoms. The van der Waals surface area contributed by atoms with Crippen molar-refractivity contribution in [3.05, 3.63) is 65.1 Å². The quantitative estimate of drug-likeness (QED) is 0.256. The van der Waals surface area contributed by atoms with Gasteiger partial charge in [-0.3, -0.25) is 4.98 Å².